The Balaban J connectivity index is 2.20. The molecule has 2 aromatic carbocycles. The Morgan fingerprint density at radius 3 is 1.92 bits per heavy atom. The van der Waals surface area contributed by atoms with Gasteiger partial charge >= 0.3 is 12.1 Å². The van der Waals surface area contributed by atoms with E-state index in [1.165, 1.54) is 0 Å². The minimum atomic E-state index is -1.12. The van der Waals surface area contributed by atoms with Gasteiger partial charge in [0.1, 0.15) is 5.54 Å². The number of nitrogens with zero attached hydrogens (tertiary/aromatic N) is 1. The van der Waals surface area contributed by atoms with Crippen LogP contribution in [0.15, 0.2) is 73.3 Å². The van der Waals surface area contributed by atoms with E-state index in [1.807, 2.05) is 67.6 Å². The number of amides is 1. The zero-order chi connectivity index (χ0) is 18.0. The lowest BCUT2D eigenvalue weighted by atomic mass is 9.83. The second-order valence-electron chi connectivity index (χ2n) is 6.42. The summed E-state index contributed by atoms with van der Waals surface area (Å²) in [7, 11) is 0. The van der Waals surface area contributed by atoms with E-state index in [0.29, 0.717) is 0 Å². The molecule has 2 unspecified atom stereocenters. The van der Waals surface area contributed by atoms with E-state index in [4.69, 9.17) is 4.74 Å². The monoisotopic (exact) mass is 335 g/mol. The van der Waals surface area contributed by atoms with Crippen LogP contribution in [0.3, 0.4) is 0 Å². The van der Waals surface area contributed by atoms with Crippen molar-refractivity contribution in [1.29, 1.82) is 0 Å². The van der Waals surface area contributed by atoms with Crippen LogP contribution >= 0.6 is 0 Å². The molecule has 128 valence electrons. The van der Waals surface area contributed by atoms with Crippen LogP contribution in [0.25, 0.3) is 0 Å². The van der Waals surface area contributed by atoms with Crippen molar-refractivity contribution in [2.24, 2.45) is 5.92 Å². The average Bonchev–Trinajstić information content (AvgIpc) is 2.87. The summed E-state index contributed by atoms with van der Waals surface area (Å²) in [5.74, 6) is -0.803. The summed E-state index contributed by atoms with van der Waals surface area (Å²) in [6, 6.07) is 18.9. The standard InChI is InChI=1S/C21H21NO3/c1-4-15(2)21(3)19(23)25-20(24)22(21)18(16-11-7-5-8-12-16)17-13-9-6-10-14-17/h4-15,18H,1H2,2-3H3. The summed E-state index contributed by atoms with van der Waals surface area (Å²) in [6.07, 6.45) is 1.05. The summed E-state index contributed by atoms with van der Waals surface area (Å²) >= 11 is 0. The summed E-state index contributed by atoms with van der Waals surface area (Å²) in [5, 5.41) is 0. The van der Waals surface area contributed by atoms with Crippen molar-refractivity contribution in [3.63, 3.8) is 0 Å². The maximum absolute atomic E-state index is 12.7. The third kappa shape index (κ3) is 2.74. The Bertz CT molecular complexity index is 748. The summed E-state index contributed by atoms with van der Waals surface area (Å²) in [4.78, 5) is 26.8. The van der Waals surface area contributed by atoms with Crippen molar-refractivity contribution in [3.05, 3.63) is 84.4 Å². The number of hydrogen-bond acceptors (Lipinski definition) is 3. The molecule has 2 atom stereocenters. The topological polar surface area (TPSA) is 46.6 Å². The van der Waals surface area contributed by atoms with E-state index >= 15 is 0 Å². The van der Waals surface area contributed by atoms with Gasteiger partial charge in [0, 0.05) is 5.92 Å². The normalized spacial score (nSPS) is 21.3. The molecule has 1 fully saturated rings. The largest absolute Gasteiger partial charge is 0.419 e. The van der Waals surface area contributed by atoms with Crippen LogP contribution in [-0.4, -0.2) is 22.5 Å². The first-order valence-electron chi connectivity index (χ1n) is 8.28. The Labute approximate surface area is 147 Å². The van der Waals surface area contributed by atoms with Crippen LogP contribution in [-0.2, 0) is 9.53 Å². The van der Waals surface area contributed by atoms with Gasteiger partial charge in [-0.05, 0) is 18.1 Å². The molecule has 4 nitrogen and oxygen atoms in total. The highest BCUT2D eigenvalue weighted by Crippen LogP contribution is 2.42. The zero-order valence-corrected chi connectivity index (χ0v) is 14.4. The molecule has 3 rings (SSSR count). The van der Waals surface area contributed by atoms with Crippen LogP contribution in [0, 0.1) is 5.92 Å². The van der Waals surface area contributed by atoms with Gasteiger partial charge < -0.3 is 4.74 Å². The Kier molecular flexibility index (Phi) is 4.45. The van der Waals surface area contributed by atoms with E-state index in [9.17, 15) is 9.59 Å². The number of benzene rings is 2. The first-order valence-corrected chi connectivity index (χ1v) is 8.28. The SMILES string of the molecule is C=CC(C)C1(C)C(=O)OC(=O)N1C(c1ccccc1)c1ccccc1. The fourth-order valence-corrected chi connectivity index (χ4v) is 3.29. The van der Waals surface area contributed by atoms with Crippen LogP contribution in [0.2, 0.25) is 0 Å². The van der Waals surface area contributed by atoms with Crippen molar-refractivity contribution in [1.82, 2.24) is 4.90 Å². The zero-order valence-electron chi connectivity index (χ0n) is 14.4. The maximum atomic E-state index is 12.7. The van der Waals surface area contributed by atoms with Crippen LogP contribution < -0.4 is 0 Å². The van der Waals surface area contributed by atoms with E-state index in [1.54, 1.807) is 17.9 Å². The highest BCUT2D eigenvalue weighted by Gasteiger charge is 2.57. The van der Waals surface area contributed by atoms with Gasteiger partial charge in [-0.3, -0.25) is 4.90 Å². The van der Waals surface area contributed by atoms with Crippen molar-refractivity contribution in [2.75, 3.05) is 0 Å². The van der Waals surface area contributed by atoms with E-state index in [0.717, 1.165) is 11.1 Å². The molecule has 0 aromatic heterocycles. The lowest BCUT2D eigenvalue weighted by Gasteiger charge is -2.39. The second kappa shape index (κ2) is 6.55. The van der Waals surface area contributed by atoms with E-state index in [2.05, 4.69) is 6.58 Å². The highest BCUT2D eigenvalue weighted by atomic mass is 16.6. The number of esters is 1. The predicted octanol–water partition coefficient (Wildman–Crippen LogP) is 4.34. The van der Waals surface area contributed by atoms with Crippen molar-refractivity contribution in [2.45, 2.75) is 25.4 Å². The lowest BCUT2D eigenvalue weighted by molar-refractivity contribution is -0.141. The molecule has 1 saturated heterocycles. The number of carbonyl (C=O) groups excluding carboxylic acids is 2. The molecule has 0 N–H and O–H groups in total. The molecule has 2 aromatic rings. The number of rotatable bonds is 5. The third-order valence-corrected chi connectivity index (χ3v) is 5.02. The van der Waals surface area contributed by atoms with E-state index in [-0.39, 0.29) is 5.92 Å². The van der Waals surface area contributed by atoms with Gasteiger partial charge in [-0.2, -0.15) is 0 Å². The summed E-state index contributed by atoms with van der Waals surface area (Å²) < 4.78 is 5.04. The fourth-order valence-electron chi connectivity index (χ4n) is 3.29. The predicted molar refractivity (Wildman–Crippen MR) is 95.8 cm³/mol. The van der Waals surface area contributed by atoms with Gasteiger partial charge in [-0.1, -0.05) is 73.7 Å². The maximum Gasteiger partial charge on any atom is 0.419 e. The summed E-state index contributed by atoms with van der Waals surface area (Å²) in [5.41, 5.74) is 0.723. The van der Waals surface area contributed by atoms with Crippen molar-refractivity contribution >= 4 is 12.1 Å². The van der Waals surface area contributed by atoms with Gasteiger partial charge in [0.05, 0.1) is 6.04 Å². The van der Waals surface area contributed by atoms with Gasteiger partial charge in [0.2, 0.25) is 0 Å². The third-order valence-electron chi connectivity index (χ3n) is 5.02. The molecule has 0 radical (unpaired) electrons. The lowest BCUT2D eigenvalue weighted by Crippen LogP contribution is -2.52. The average molecular weight is 335 g/mol. The first-order chi connectivity index (χ1) is 12.0. The Morgan fingerprint density at radius 2 is 1.48 bits per heavy atom. The second-order valence-corrected chi connectivity index (χ2v) is 6.42. The first kappa shape index (κ1) is 17.0. The summed E-state index contributed by atoms with van der Waals surface area (Å²) in [6.45, 7) is 7.41. The molecule has 1 aliphatic heterocycles. The molecule has 0 bridgehead atoms. The molecule has 1 amide bonds. The van der Waals surface area contributed by atoms with Gasteiger partial charge in [-0.15, -0.1) is 6.58 Å². The molecule has 4 heteroatoms. The Morgan fingerprint density at radius 1 is 1.00 bits per heavy atom. The molecule has 0 spiro atoms. The van der Waals surface area contributed by atoms with Crippen molar-refractivity contribution < 1.29 is 14.3 Å². The molecule has 0 saturated carbocycles. The number of ether oxygens (including phenoxy) is 1. The minimum absolute atomic E-state index is 0.263. The van der Waals surface area contributed by atoms with Crippen LogP contribution in [0.5, 0.6) is 0 Å². The van der Waals surface area contributed by atoms with Gasteiger partial charge in [0.15, 0.2) is 0 Å². The molecule has 1 aliphatic rings. The Hall–Kier alpha value is -2.88. The van der Waals surface area contributed by atoms with Gasteiger partial charge in [0.25, 0.3) is 0 Å². The fraction of sp³-hybridized carbons (Fsp3) is 0.238. The van der Waals surface area contributed by atoms with Crippen molar-refractivity contribution in [3.8, 4) is 0 Å². The minimum Gasteiger partial charge on any atom is -0.374 e. The van der Waals surface area contributed by atoms with Crippen LogP contribution in [0.1, 0.15) is 31.0 Å². The smallest absolute Gasteiger partial charge is 0.374 e. The number of carbonyl (C=O) groups is 2. The highest BCUT2D eigenvalue weighted by molar-refractivity contribution is 5.99. The molecule has 0 aliphatic carbocycles. The molecule has 25 heavy (non-hydrogen) atoms. The quantitative estimate of drug-likeness (QED) is 0.464. The molecule has 1 heterocycles. The number of hydrogen-bond donors (Lipinski definition) is 0. The molecular formula is C21H21NO3. The van der Waals surface area contributed by atoms with Gasteiger partial charge in [-0.25, -0.2) is 9.59 Å². The van der Waals surface area contributed by atoms with E-state index < -0.39 is 23.6 Å². The number of cyclic esters (lactones) is 2. The molecular weight excluding hydrogens is 314 g/mol. The van der Waals surface area contributed by atoms with Crippen LogP contribution in [0.4, 0.5) is 4.79 Å².